The molecule has 0 radical (unpaired) electrons. The van der Waals surface area contributed by atoms with Crippen LogP contribution in [0.5, 0.6) is 0 Å². The average molecular weight is 441 g/mol. The molecule has 1 fully saturated rings. The van der Waals surface area contributed by atoms with Crippen LogP contribution in [0.15, 0.2) is 41.8 Å². The molecule has 23 heavy (non-hydrogen) atoms. The molecule has 1 aromatic carbocycles. The third-order valence-corrected chi connectivity index (χ3v) is 5.78. The number of nitrogens with zero attached hydrogens (tertiary/aromatic N) is 1. The van der Waals surface area contributed by atoms with Gasteiger partial charge in [0.25, 0.3) is 5.91 Å². The maximum absolute atomic E-state index is 12.4. The first kappa shape index (κ1) is 16.4. The molecule has 3 rings (SSSR count). The molecule has 1 aliphatic heterocycles. The van der Waals surface area contributed by atoms with Gasteiger partial charge in [-0.25, -0.2) is 4.79 Å². The highest BCUT2D eigenvalue weighted by Crippen LogP contribution is 2.34. The first-order chi connectivity index (χ1) is 11.2. The molecule has 6 heteroatoms. The Labute approximate surface area is 152 Å². The zero-order valence-corrected chi connectivity index (χ0v) is 15.4. The van der Waals surface area contributed by atoms with Gasteiger partial charge in [0.15, 0.2) is 6.61 Å². The summed E-state index contributed by atoms with van der Waals surface area (Å²) in [6.45, 7) is 0.521. The van der Waals surface area contributed by atoms with Crippen LogP contribution in [0.3, 0.4) is 0 Å². The molecule has 1 aromatic heterocycles. The lowest BCUT2D eigenvalue weighted by atomic mass is 10.2. The summed E-state index contributed by atoms with van der Waals surface area (Å²) in [6, 6.07) is 11.4. The lowest BCUT2D eigenvalue weighted by molar-refractivity contribution is -0.135. The molecular weight excluding hydrogens is 425 g/mol. The molecule has 0 aliphatic carbocycles. The molecule has 4 nitrogen and oxygen atoms in total. The highest BCUT2D eigenvalue weighted by Gasteiger charge is 2.31. The Morgan fingerprint density at radius 2 is 2.09 bits per heavy atom. The monoisotopic (exact) mass is 441 g/mol. The first-order valence-electron chi connectivity index (χ1n) is 7.41. The number of carbonyl (C=O) groups excluding carboxylic acids is 2. The number of benzene rings is 1. The summed E-state index contributed by atoms with van der Waals surface area (Å²) in [4.78, 5) is 27.5. The van der Waals surface area contributed by atoms with Crippen molar-refractivity contribution >= 4 is 45.8 Å². The molecule has 0 spiro atoms. The zero-order valence-electron chi connectivity index (χ0n) is 12.4. The number of amides is 1. The number of hydrogen-bond donors (Lipinski definition) is 0. The molecule has 1 unspecified atom stereocenters. The van der Waals surface area contributed by atoms with Gasteiger partial charge in [-0.2, -0.15) is 0 Å². The summed E-state index contributed by atoms with van der Waals surface area (Å²) in [5.41, 5.74) is 0.497. The maximum Gasteiger partial charge on any atom is 0.339 e. The summed E-state index contributed by atoms with van der Waals surface area (Å²) in [6.07, 6.45) is 1.95. The Hall–Kier alpha value is -1.41. The van der Waals surface area contributed by atoms with Gasteiger partial charge in [0, 0.05) is 15.0 Å². The summed E-state index contributed by atoms with van der Waals surface area (Å²) in [5.74, 6) is -0.574. The molecule has 1 atom stereocenters. The average Bonchev–Trinajstić information content (AvgIpc) is 3.23. The molecule has 1 saturated heterocycles. The standard InChI is InChI=1S/C17H16INO3S/c18-13-6-2-1-5-12(13)17(21)22-11-16(20)19-9-3-7-14(19)15-8-4-10-23-15/h1-2,4-6,8,10,14H,3,7,9,11H2. The van der Waals surface area contributed by atoms with Crippen LogP contribution in [0.2, 0.25) is 0 Å². The van der Waals surface area contributed by atoms with Crippen LogP contribution < -0.4 is 0 Å². The molecule has 1 amide bonds. The van der Waals surface area contributed by atoms with Crippen molar-refractivity contribution in [2.24, 2.45) is 0 Å². The van der Waals surface area contributed by atoms with Crippen LogP contribution in [0.1, 0.15) is 34.1 Å². The first-order valence-corrected chi connectivity index (χ1v) is 9.37. The molecule has 0 saturated carbocycles. The van der Waals surface area contributed by atoms with E-state index in [9.17, 15) is 9.59 Å². The highest BCUT2D eigenvalue weighted by atomic mass is 127. The topological polar surface area (TPSA) is 46.6 Å². The summed E-state index contributed by atoms with van der Waals surface area (Å²) < 4.78 is 6.04. The van der Waals surface area contributed by atoms with E-state index in [1.165, 1.54) is 4.88 Å². The minimum absolute atomic E-state index is 0.123. The van der Waals surface area contributed by atoms with E-state index in [0.29, 0.717) is 5.56 Å². The predicted molar refractivity (Wildman–Crippen MR) is 97.4 cm³/mol. The lowest BCUT2D eigenvalue weighted by Gasteiger charge is -2.23. The van der Waals surface area contributed by atoms with Gasteiger partial charge in [0.2, 0.25) is 0 Å². The van der Waals surface area contributed by atoms with Crippen LogP contribution in [-0.2, 0) is 9.53 Å². The van der Waals surface area contributed by atoms with Crippen molar-refractivity contribution < 1.29 is 14.3 Å². The largest absolute Gasteiger partial charge is 0.452 e. The van der Waals surface area contributed by atoms with E-state index in [2.05, 4.69) is 28.7 Å². The van der Waals surface area contributed by atoms with Crippen LogP contribution >= 0.6 is 33.9 Å². The fourth-order valence-electron chi connectivity index (χ4n) is 2.76. The van der Waals surface area contributed by atoms with E-state index >= 15 is 0 Å². The third-order valence-electron chi connectivity index (χ3n) is 3.87. The van der Waals surface area contributed by atoms with Gasteiger partial charge in [0.05, 0.1) is 11.6 Å². The van der Waals surface area contributed by atoms with Gasteiger partial charge < -0.3 is 9.64 Å². The van der Waals surface area contributed by atoms with Crippen molar-refractivity contribution in [3.63, 3.8) is 0 Å². The van der Waals surface area contributed by atoms with Gasteiger partial charge in [-0.05, 0) is 59.0 Å². The van der Waals surface area contributed by atoms with E-state index < -0.39 is 5.97 Å². The van der Waals surface area contributed by atoms with Crippen molar-refractivity contribution in [3.8, 4) is 0 Å². The Balaban J connectivity index is 1.61. The van der Waals surface area contributed by atoms with Crippen molar-refractivity contribution in [1.82, 2.24) is 4.90 Å². The number of rotatable bonds is 4. The number of carbonyl (C=O) groups is 2. The summed E-state index contributed by atoms with van der Waals surface area (Å²) in [5, 5.41) is 2.02. The van der Waals surface area contributed by atoms with Crippen molar-refractivity contribution in [2.75, 3.05) is 13.2 Å². The van der Waals surface area contributed by atoms with E-state index in [1.54, 1.807) is 23.5 Å². The van der Waals surface area contributed by atoms with Crippen molar-refractivity contribution in [1.29, 1.82) is 0 Å². The molecule has 120 valence electrons. The van der Waals surface area contributed by atoms with E-state index in [0.717, 1.165) is 23.0 Å². The van der Waals surface area contributed by atoms with Crippen LogP contribution in [-0.4, -0.2) is 29.9 Å². The van der Waals surface area contributed by atoms with E-state index in [1.807, 2.05) is 28.5 Å². The third kappa shape index (κ3) is 3.74. The Bertz CT molecular complexity index is 702. The SMILES string of the molecule is O=C(OCC(=O)N1CCCC1c1cccs1)c1ccccc1I. The summed E-state index contributed by atoms with van der Waals surface area (Å²) in [7, 11) is 0. The minimum Gasteiger partial charge on any atom is -0.452 e. The van der Waals surface area contributed by atoms with Crippen molar-refractivity contribution in [3.05, 3.63) is 55.8 Å². The number of ether oxygens (including phenoxy) is 1. The number of hydrogen-bond acceptors (Lipinski definition) is 4. The molecular formula is C17H16INO3S. The minimum atomic E-state index is -0.449. The molecule has 2 aromatic rings. The van der Waals surface area contributed by atoms with Crippen LogP contribution in [0.25, 0.3) is 0 Å². The molecule has 1 aliphatic rings. The second-order valence-electron chi connectivity index (χ2n) is 5.32. The number of esters is 1. The zero-order chi connectivity index (χ0) is 16.2. The van der Waals surface area contributed by atoms with Crippen LogP contribution in [0.4, 0.5) is 0 Å². The van der Waals surface area contributed by atoms with E-state index in [4.69, 9.17) is 4.74 Å². The summed E-state index contributed by atoms with van der Waals surface area (Å²) >= 11 is 3.75. The second-order valence-corrected chi connectivity index (χ2v) is 7.46. The fourth-order valence-corrected chi connectivity index (χ4v) is 4.24. The Morgan fingerprint density at radius 1 is 1.26 bits per heavy atom. The number of likely N-dealkylation sites (tertiary alicyclic amines) is 1. The maximum atomic E-state index is 12.4. The van der Waals surface area contributed by atoms with E-state index in [-0.39, 0.29) is 18.6 Å². The van der Waals surface area contributed by atoms with Crippen molar-refractivity contribution in [2.45, 2.75) is 18.9 Å². The molecule has 2 heterocycles. The molecule has 0 bridgehead atoms. The number of thiophene rings is 1. The lowest BCUT2D eigenvalue weighted by Crippen LogP contribution is -2.34. The fraction of sp³-hybridized carbons (Fsp3) is 0.294. The van der Waals surface area contributed by atoms with Gasteiger partial charge in [-0.3, -0.25) is 4.79 Å². The second kappa shape index (κ2) is 7.44. The smallest absolute Gasteiger partial charge is 0.339 e. The number of halogens is 1. The quantitative estimate of drug-likeness (QED) is 0.535. The van der Waals surface area contributed by atoms with Crippen LogP contribution in [0, 0.1) is 3.57 Å². The molecule has 0 N–H and O–H groups in total. The normalized spacial score (nSPS) is 17.3. The predicted octanol–water partition coefficient (Wildman–Crippen LogP) is 3.87. The van der Waals surface area contributed by atoms with Gasteiger partial charge in [-0.15, -0.1) is 11.3 Å². The Kier molecular flexibility index (Phi) is 5.32. The van der Waals surface area contributed by atoms with Gasteiger partial charge >= 0.3 is 5.97 Å². The van der Waals surface area contributed by atoms with Gasteiger partial charge in [0.1, 0.15) is 0 Å². The highest BCUT2D eigenvalue weighted by molar-refractivity contribution is 14.1. The van der Waals surface area contributed by atoms with Gasteiger partial charge in [-0.1, -0.05) is 18.2 Å². The Morgan fingerprint density at radius 3 is 2.83 bits per heavy atom.